The lowest BCUT2D eigenvalue weighted by Crippen LogP contribution is -2.41. The Balaban J connectivity index is 3.07. The maximum Gasteiger partial charge on any atom is 0.647 e. The van der Waals surface area contributed by atoms with Gasteiger partial charge >= 0.3 is 7.82 Å². The average Bonchev–Trinajstić information content (AvgIpc) is 0.728. The van der Waals surface area contributed by atoms with Crippen LogP contribution in [0.5, 0.6) is 17.2 Å². The minimum atomic E-state index is -5.05. The molecule has 0 aliphatic carbocycles. The van der Waals surface area contributed by atoms with Crippen LogP contribution in [0.1, 0.15) is 331 Å². The highest BCUT2D eigenvalue weighted by atomic mass is 31.2. The molecule has 3 rings (SSSR count). The Labute approximate surface area is 573 Å². The van der Waals surface area contributed by atoms with Crippen LogP contribution in [0.15, 0.2) is 0 Å². The Morgan fingerprint density at radius 3 is 0.554 bits per heavy atom. The summed E-state index contributed by atoms with van der Waals surface area (Å²) in [6, 6.07) is 0. The number of phosphoric ester groups is 1. The van der Waals surface area contributed by atoms with Crippen LogP contribution in [0.2, 0.25) is 54.4 Å². The van der Waals surface area contributed by atoms with E-state index >= 15 is 4.57 Å². The summed E-state index contributed by atoms with van der Waals surface area (Å²) in [7, 11) is -11.5. The summed E-state index contributed by atoms with van der Waals surface area (Å²) in [5, 5.41) is 0.0925. The molecular formula is C81H147O7PSi3. The average molecular weight is 1350 g/mol. The van der Waals surface area contributed by atoms with Gasteiger partial charge in [-0.15, -0.1) is 0 Å². The third kappa shape index (κ3) is 18.4. The standard InChI is InChI=1S/C81H147O7PSi3/c1-52-58(70(7,8)9)55(4)64(79(34,35)46-49-83-90(40,41)76(25,26)27)67(61(52)73(16,17)18)86-89(82,87-68-62(74(19,20)21)53(2)59(71(10,11)12)56(5)65(68)80(36,37)47-50-84-91(42,43)77(28,29)30)88-69-63(75(22,23)24)54(3)60(72(13,14)15)57(6)66(69)81(38,39)48-51-85-92(44,45)78(31,32)33/h46-51H2,1-45H3. The molecule has 7 nitrogen and oxygen atoms in total. The van der Waals surface area contributed by atoms with E-state index < -0.39 is 65.3 Å². The molecule has 11 heteroatoms. The second-order valence-corrected chi connectivity index (χ2v) is 56.9. The minimum absolute atomic E-state index is 0.0308. The highest BCUT2D eigenvalue weighted by Crippen LogP contribution is 2.63. The highest BCUT2D eigenvalue weighted by Gasteiger charge is 2.50. The van der Waals surface area contributed by atoms with Crippen molar-refractivity contribution in [3.8, 4) is 17.2 Å². The predicted molar refractivity (Wildman–Crippen MR) is 412 cm³/mol. The Kier molecular flexibility index (Phi) is 24.5. The van der Waals surface area contributed by atoms with Gasteiger partial charge in [-0.2, -0.15) is 4.57 Å². The Morgan fingerprint density at radius 1 is 0.261 bits per heavy atom. The summed E-state index contributed by atoms with van der Waals surface area (Å²) in [5.41, 5.74) is 12.6. The zero-order valence-electron chi connectivity index (χ0n) is 69.0. The molecule has 0 aliphatic heterocycles. The van der Waals surface area contributed by atoms with E-state index in [9.17, 15) is 0 Å². The molecule has 0 aliphatic rings. The van der Waals surface area contributed by atoms with Crippen molar-refractivity contribution in [1.82, 2.24) is 0 Å². The van der Waals surface area contributed by atoms with Gasteiger partial charge < -0.3 is 26.8 Å². The Hall–Kier alpha value is -2.18. The molecule has 0 atom stereocenters. The zero-order chi connectivity index (χ0) is 72.9. The maximum absolute atomic E-state index is 18.8. The first-order valence-electron chi connectivity index (χ1n) is 35.4. The second kappa shape index (κ2) is 26.8. The van der Waals surface area contributed by atoms with Gasteiger partial charge in [-0.05, 0) is 214 Å². The number of phosphoric acid groups is 1. The fourth-order valence-corrected chi connectivity index (χ4v) is 19.4. The Bertz CT molecular complexity index is 2840. The van der Waals surface area contributed by atoms with Gasteiger partial charge in [-0.25, -0.2) is 0 Å². The van der Waals surface area contributed by atoms with Gasteiger partial charge in [0.2, 0.25) is 0 Å². The lowest BCUT2D eigenvalue weighted by molar-refractivity contribution is 0.242. The molecule has 530 valence electrons. The van der Waals surface area contributed by atoms with Crippen molar-refractivity contribution in [1.29, 1.82) is 0 Å². The van der Waals surface area contributed by atoms with E-state index in [0.717, 1.165) is 66.8 Å². The van der Waals surface area contributed by atoms with Gasteiger partial charge in [0.15, 0.2) is 25.0 Å². The van der Waals surface area contributed by atoms with Gasteiger partial charge in [0.25, 0.3) is 0 Å². The van der Waals surface area contributed by atoms with Gasteiger partial charge in [0, 0.05) is 53.2 Å². The van der Waals surface area contributed by atoms with E-state index in [2.05, 4.69) is 309 Å². The fourth-order valence-electron chi connectivity index (χ4n) is 14.9. The van der Waals surface area contributed by atoms with Gasteiger partial charge in [-0.3, -0.25) is 0 Å². The summed E-state index contributed by atoms with van der Waals surface area (Å²) in [5.74, 6) is 1.72. The van der Waals surface area contributed by atoms with E-state index in [1.54, 1.807) is 0 Å². The van der Waals surface area contributed by atoms with Crippen LogP contribution in [-0.4, -0.2) is 44.8 Å². The van der Waals surface area contributed by atoms with Crippen molar-refractivity contribution in [2.24, 2.45) is 0 Å². The van der Waals surface area contributed by atoms with Crippen molar-refractivity contribution < 1.29 is 31.4 Å². The normalized spacial score (nSPS) is 14.8. The molecule has 0 bridgehead atoms. The first-order valence-corrected chi connectivity index (χ1v) is 45.6. The van der Waals surface area contributed by atoms with Crippen molar-refractivity contribution in [2.45, 2.75) is 392 Å². The van der Waals surface area contributed by atoms with E-state index in [1.165, 1.54) is 16.7 Å². The predicted octanol–water partition coefficient (Wildman–Crippen LogP) is 26.0. The molecule has 0 saturated heterocycles. The van der Waals surface area contributed by atoms with E-state index in [0.29, 0.717) is 56.3 Å². The van der Waals surface area contributed by atoms with Gasteiger partial charge in [0.05, 0.1) is 0 Å². The highest BCUT2D eigenvalue weighted by molar-refractivity contribution is 7.49. The summed E-state index contributed by atoms with van der Waals surface area (Å²) in [6.45, 7) is 106. The third-order valence-corrected chi connectivity index (χ3v) is 36.8. The van der Waals surface area contributed by atoms with E-state index in [1.807, 2.05) is 0 Å². The maximum atomic E-state index is 18.8. The molecule has 0 saturated carbocycles. The van der Waals surface area contributed by atoms with Crippen molar-refractivity contribution in [2.75, 3.05) is 19.8 Å². The second-order valence-electron chi connectivity index (χ2n) is 41.1. The van der Waals surface area contributed by atoms with Crippen LogP contribution in [0.25, 0.3) is 0 Å². The molecule has 0 heterocycles. The summed E-state index contributed by atoms with van der Waals surface area (Å²) >= 11 is 0. The van der Waals surface area contributed by atoms with Crippen LogP contribution in [-0.2, 0) is 66.6 Å². The molecule has 0 radical (unpaired) electrons. The molecule has 0 amide bonds. The molecule has 0 N–H and O–H groups in total. The molecule has 0 aromatic heterocycles. The number of hydrogen-bond acceptors (Lipinski definition) is 7. The van der Waals surface area contributed by atoms with E-state index in [4.69, 9.17) is 26.8 Å². The zero-order valence-corrected chi connectivity index (χ0v) is 72.9. The largest absolute Gasteiger partial charge is 0.647 e. The topological polar surface area (TPSA) is 72.5 Å². The SMILES string of the molecule is Cc1c(C(C)(C)C)c(C)c(C(C)(C)CCO[Si](C)(C)C(C)(C)C)c(OP(=O)(Oc2c(C(C)(C)C)c(C)c(C(C)(C)C)c(C)c2C(C)(C)CCO[Si](C)(C)C(C)(C)C)Oc2c(C(C)(C)C)c(C)c(C(C)(C)C)c(C)c2C(C)(C)CCO[Si](C)(C)C(C)(C)C)c1C(C)(C)C. The Morgan fingerprint density at radius 2 is 0.413 bits per heavy atom. The van der Waals surface area contributed by atoms with Crippen LogP contribution in [0.4, 0.5) is 0 Å². The fraction of sp³-hybridized carbons (Fsp3) is 0.778. The number of benzene rings is 3. The molecule has 92 heavy (non-hydrogen) atoms. The van der Waals surface area contributed by atoms with Crippen molar-refractivity contribution in [3.63, 3.8) is 0 Å². The van der Waals surface area contributed by atoms with E-state index in [-0.39, 0.29) is 31.4 Å². The van der Waals surface area contributed by atoms with Crippen LogP contribution in [0.3, 0.4) is 0 Å². The van der Waals surface area contributed by atoms with Crippen molar-refractivity contribution >= 4 is 32.8 Å². The molecule has 0 fully saturated rings. The van der Waals surface area contributed by atoms with Gasteiger partial charge in [0.1, 0.15) is 17.2 Å². The first kappa shape index (κ1) is 84.0. The van der Waals surface area contributed by atoms with Crippen molar-refractivity contribution in [3.05, 3.63) is 83.5 Å². The summed E-state index contributed by atoms with van der Waals surface area (Å²) in [6.07, 6.45) is 2.10. The smallest absolute Gasteiger partial charge is 0.417 e. The van der Waals surface area contributed by atoms with Crippen LogP contribution >= 0.6 is 7.82 Å². The lowest BCUT2D eigenvalue weighted by Gasteiger charge is -2.42. The molecular weight excluding hydrogens is 1200 g/mol. The first-order chi connectivity index (χ1) is 40.2. The van der Waals surface area contributed by atoms with Gasteiger partial charge in [-0.1, -0.05) is 228 Å². The van der Waals surface area contributed by atoms with Crippen LogP contribution in [0, 0.1) is 41.5 Å². The molecule has 3 aromatic carbocycles. The molecule has 3 aromatic rings. The quantitative estimate of drug-likeness (QED) is 0.0777. The molecule has 0 spiro atoms. The summed E-state index contributed by atoms with van der Waals surface area (Å²) in [4.78, 5) is 0. The number of rotatable bonds is 21. The third-order valence-electron chi connectivity index (χ3n) is 22.0. The minimum Gasteiger partial charge on any atom is -0.417 e. The molecule has 0 unspecified atom stereocenters. The summed E-state index contributed by atoms with van der Waals surface area (Å²) < 4.78 is 64.4. The monoisotopic (exact) mass is 1350 g/mol. The number of hydrogen-bond donors (Lipinski definition) is 0. The lowest BCUT2D eigenvalue weighted by atomic mass is 9.68. The van der Waals surface area contributed by atoms with Crippen LogP contribution < -0.4 is 13.6 Å².